The van der Waals surface area contributed by atoms with Gasteiger partial charge in [-0.3, -0.25) is 4.79 Å². The molecule has 0 radical (unpaired) electrons. The van der Waals surface area contributed by atoms with Crippen molar-refractivity contribution < 1.29 is 28.2 Å². The SMILES string of the molecule is O=C(O)[C@@H]1C[C@@](O)(C(F)(F)F)CN1. The van der Waals surface area contributed by atoms with E-state index in [4.69, 9.17) is 10.2 Å². The first-order valence-electron chi connectivity index (χ1n) is 3.51. The van der Waals surface area contributed by atoms with E-state index in [1.165, 1.54) is 0 Å². The molecule has 1 aliphatic heterocycles. The Kier molecular flexibility index (Phi) is 2.25. The van der Waals surface area contributed by atoms with Crippen LogP contribution in [-0.4, -0.2) is 40.5 Å². The maximum atomic E-state index is 12.1. The fraction of sp³-hybridized carbons (Fsp3) is 0.833. The Labute approximate surface area is 71.4 Å². The van der Waals surface area contributed by atoms with E-state index >= 15 is 0 Å². The minimum absolute atomic E-state index is 0.770. The summed E-state index contributed by atoms with van der Waals surface area (Å²) in [7, 11) is 0. The lowest BCUT2D eigenvalue weighted by Crippen LogP contribution is -2.46. The third-order valence-electron chi connectivity index (χ3n) is 2.01. The smallest absolute Gasteiger partial charge is 0.418 e. The van der Waals surface area contributed by atoms with E-state index < -0.39 is 36.8 Å². The molecule has 1 saturated heterocycles. The van der Waals surface area contributed by atoms with E-state index in [0.29, 0.717) is 0 Å². The number of halogens is 3. The summed E-state index contributed by atoms with van der Waals surface area (Å²) in [5, 5.41) is 19.5. The molecule has 0 aromatic rings. The lowest BCUT2D eigenvalue weighted by atomic mass is 10.00. The number of carboxylic acid groups (broad SMARTS) is 1. The first-order valence-corrected chi connectivity index (χ1v) is 3.51. The summed E-state index contributed by atoms with van der Waals surface area (Å²) in [5.41, 5.74) is -2.91. The van der Waals surface area contributed by atoms with Gasteiger partial charge >= 0.3 is 12.1 Å². The molecule has 0 aliphatic carbocycles. The number of aliphatic carboxylic acids is 1. The molecule has 3 N–H and O–H groups in total. The summed E-state index contributed by atoms with van der Waals surface area (Å²) in [6.07, 6.45) is -5.63. The molecule has 1 heterocycles. The highest BCUT2D eigenvalue weighted by Crippen LogP contribution is 2.36. The molecule has 7 heteroatoms. The van der Waals surface area contributed by atoms with Crippen molar-refractivity contribution in [1.29, 1.82) is 0 Å². The standard InChI is InChI=1S/C6H8F3NO3/c7-6(8,9)5(13)1-3(4(11)12)10-2-5/h3,10,13H,1-2H2,(H,11,12)/t3-,5-/m0/s1. The third-order valence-corrected chi connectivity index (χ3v) is 2.01. The van der Waals surface area contributed by atoms with Crippen molar-refractivity contribution in [2.45, 2.75) is 24.2 Å². The number of rotatable bonds is 1. The molecular formula is C6H8F3NO3. The predicted molar refractivity (Wildman–Crippen MR) is 35.0 cm³/mol. The Bertz CT molecular complexity index is 230. The van der Waals surface area contributed by atoms with Crippen LogP contribution in [0.2, 0.25) is 0 Å². The lowest BCUT2D eigenvalue weighted by Gasteiger charge is -2.24. The zero-order valence-electron chi connectivity index (χ0n) is 6.43. The van der Waals surface area contributed by atoms with Crippen LogP contribution in [0.4, 0.5) is 13.2 Å². The summed E-state index contributed by atoms with van der Waals surface area (Å²) in [5.74, 6) is -1.39. The second kappa shape index (κ2) is 2.85. The summed E-state index contributed by atoms with van der Waals surface area (Å²) in [6, 6.07) is -1.33. The van der Waals surface area contributed by atoms with Crippen LogP contribution in [0.5, 0.6) is 0 Å². The topological polar surface area (TPSA) is 69.6 Å². The van der Waals surface area contributed by atoms with Crippen LogP contribution in [0.15, 0.2) is 0 Å². The average Bonchev–Trinajstić information content (AvgIpc) is 2.31. The predicted octanol–water partition coefficient (Wildman–Crippen LogP) is -0.274. The zero-order valence-corrected chi connectivity index (χ0v) is 6.43. The summed E-state index contributed by atoms with van der Waals surface area (Å²) in [4.78, 5) is 10.3. The second-order valence-electron chi connectivity index (χ2n) is 3.01. The van der Waals surface area contributed by atoms with Crippen LogP contribution in [0.1, 0.15) is 6.42 Å². The fourth-order valence-corrected chi connectivity index (χ4v) is 1.16. The second-order valence-corrected chi connectivity index (χ2v) is 3.01. The Morgan fingerprint density at radius 3 is 2.31 bits per heavy atom. The number of hydrogen-bond donors (Lipinski definition) is 3. The van der Waals surface area contributed by atoms with Gasteiger partial charge in [-0.25, -0.2) is 0 Å². The molecule has 4 nitrogen and oxygen atoms in total. The number of hydrogen-bond acceptors (Lipinski definition) is 3. The number of carboxylic acids is 1. The molecule has 0 bridgehead atoms. The number of aliphatic hydroxyl groups is 1. The fourth-order valence-electron chi connectivity index (χ4n) is 1.16. The Balaban J connectivity index is 2.72. The van der Waals surface area contributed by atoms with Gasteiger partial charge in [0.25, 0.3) is 0 Å². The first kappa shape index (κ1) is 10.3. The molecule has 0 saturated carbocycles. The highest BCUT2D eigenvalue weighted by atomic mass is 19.4. The Morgan fingerprint density at radius 2 is 2.08 bits per heavy atom. The summed E-state index contributed by atoms with van der Waals surface area (Å²) in [6.45, 7) is -0.770. The monoisotopic (exact) mass is 199 g/mol. The van der Waals surface area contributed by atoms with Crippen molar-refractivity contribution in [1.82, 2.24) is 5.32 Å². The average molecular weight is 199 g/mol. The Morgan fingerprint density at radius 1 is 1.54 bits per heavy atom. The van der Waals surface area contributed by atoms with Gasteiger partial charge in [0.1, 0.15) is 6.04 Å². The van der Waals surface area contributed by atoms with Gasteiger partial charge in [0.2, 0.25) is 0 Å². The minimum Gasteiger partial charge on any atom is -0.480 e. The van der Waals surface area contributed by atoms with Crippen molar-refractivity contribution in [2.24, 2.45) is 0 Å². The van der Waals surface area contributed by atoms with Crippen molar-refractivity contribution in [3.05, 3.63) is 0 Å². The summed E-state index contributed by atoms with van der Waals surface area (Å²) >= 11 is 0. The van der Waals surface area contributed by atoms with Crippen LogP contribution in [-0.2, 0) is 4.79 Å². The molecule has 2 atom stereocenters. The zero-order chi connectivity index (χ0) is 10.3. The maximum absolute atomic E-state index is 12.1. The largest absolute Gasteiger partial charge is 0.480 e. The minimum atomic E-state index is -4.79. The third kappa shape index (κ3) is 1.75. The molecule has 0 unspecified atom stereocenters. The molecular weight excluding hydrogens is 191 g/mol. The van der Waals surface area contributed by atoms with Crippen molar-refractivity contribution in [2.75, 3.05) is 6.54 Å². The van der Waals surface area contributed by atoms with E-state index in [9.17, 15) is 18.0 Å². The van der Waals surface area contributed by atoms with E-state index in [-0.39, 0.29) is 0 Å². The molecule has 0 amide bonds. The molecule has 76 valence electrons. The number of β-amino-alcohol motifs (C(OH)–C–C–N with tert-alkyl or cyclic N) is 1. The van der Waals surface area contributed by atoms with Gasteiger partial charge in [-0.05, 0) is 0 Å². The molecule has 0 aromatic heterocycles. The van der Waals surface area contributed by atoms with Crippen LogP contribution >= 0.6 is 0 Å². The number of alkyl halides is 3. The van der Waals surface area contributed by atoms with Crippen molar-refractivity contribution in [3.8, 4) is 0 Å². The van der Waals surface area contributed by atoms with Gasteiger partial charge in [0.05, 0.1) is 0 Å². The molecule has 13 heavy (non-hydrogen) atoms. The van der Waals surface area contributed by atoms with Crippen LogP contribution in [0, 0.1) is 0 Å². The van der Waals surface area contributed by atoms with E-state index in [1.807, 2.05) is 0 Å². The quantitative estimate of drug-likeness (QED) is 0.543. The van der Waals surface area contributed by atoms with E-state index in [0.717, 1.165) is 0 Å². The van der Waals surface area contributed by atoms with E-state index in [1.54, 1.807) is 0 Å². The maximum Gasteiger partial charge on any atom is 0.418 e. The van der Waals surface area contributed by atoms with Gasteiger partial charge in [0.15, 0.2) is 5.60 Å². The highest BCUT2D eigenvalue weighted by Gasteiger charge is 2.58. The van der Waals surface area contributed by atoms with Gasteiger partial charge < -0.3 is 15.5 Å². The normalized spacial score (nSPS) is 34.9. The van der Waals surface area contributed by atoms with Gasteiger partial charge in [0, 0.05) is 13.0 Å². The van der Waals surface area contributed by atoms with Crippen LogP contribution in [0.25, 0.3) is 0 Å². The van der Waals surface area contributed by atoms with E-state index in [2.05, 4.69) is 5.32 Å². The molecule has 0 aromatic carbocycles. The van der Waals surface area contributed by atoms with Crippen LogP contribution in [0.3, 0.4) is 0 Å². The highest BCUT2D eigenvalue weighted by molar-refractivity contribution is 5.74. The first-order chi connectivity index (χ1) is 5.76. The van der Waals surface area contributed by atoms with Gasteiger partial charge in [-0.2, -0.15) is 13.2 Å². The number of carbonyl (C=O) groups is 1. The molecule has 1 aliphatic rings. The van der Waals surface area contributed by atoms with Crippen molar-refractivity contribution >= 4 is 5.97 Å². The van der Waals surface area contributed by atoms with Gasteiger partial charge in [-0.1, -0.05) is 0 Å². The number of nitrogens with one attached hydrogen (secondary N) is 1. The van der Waals surface area contributed by atoms with Crippen LogP contribution < -0.4 is 5.32 Å². The lowest BCUT2D eigenvalue weighted by molar-refractivity contribution is -0.252. The molecule has 0 spiro atoms. The van der Waals surface area contributed by atoms with Crippen molar-refractivity contribution in [3.63, 3.8) is 0 Å². The van der Waals surface area contributed by atoms with Gasteiger partial charge in [-0.15, -0.1) is 0 Å². The summed E-state index contributed by atoms with van der Waals surface area (Å²) < 4.78 is 36.3. The molecule has 1 rings (SSSR count). The molecule has 1 fully saturated rings. The Hall–Kier alpha value is -0.820.